The number of carbonyl (C=O) groups is 1. The number of aryl methyl sites for hydroxylation is 1. The molecule has 39 heavy (non-hydrogen) atoms. The number of ether oxygens (including phenoxy) is 1. The molecule has 1 amide bonds. The van der Waals surface area contributed by atoms with Crippen LogP contribution in [0.25, 0.3) is 6.08 Å². The summed E-state index contributed by atoms with van der Waals surface area (Å²) in [7, 11) is -3.14. The lowest BCUT2D eigenvalue weighted by Gasteiger charge is -2.14. The summed E-state index contributed by atoms with van der Waals surface area (Å²) in [4.78, 5) is 33.0. The van der Waals surface area contributed by atoms with E-state index < -0.39 is 25.9 Å². The van der Waals surface area contributed by atoms with Crippen LogP contribution >= 0.6 is 22.6 Å². The maximum absolute atomic E-state index is 12.8. The standard InChI is InChI=1S/C24H17IN4O9S/c1-14-3-4-18(29(33)34)12-21(14)27-24(30)16(13-26)9-15-10-20(25)23(22(11-15)37-2)38-39(35,36)19-7-5-17(6-8-19)28(31)32/h3-12H,1-2H3,(H,27,30)/b16-9+. The van der Waals surface area contributed by atoms with Crippen LogP contribution in [0, 0.1) is 42.1 Å². The Morgan fingerprint density at radius 3 is 2.23 bits per heavy atom. The summed E-state index contributed by atoms with van der Waals surface area (Å²) in [6.07, 6.45) is 1.22. The van der Waals surface area contributed by atoms with Gasteiger partial charge in [-0.3, -0.25) is 25.0 Å². The summed E-state index contributed by atoms with van der Waals surface area (Å²) in [6, 6.07) is 12.6. The number of non-ortho nitro benzene ring substituents is 2. The Morgan fingerprint density at radius 2 is 1.67 bits per heavy atom. The van der Waals surface area contributed by atoms with Crippen LogP contribution in [0.1, 0.15) is 11.1 Å². The monoisotopic (exact) mass is 664 g/mol. The Morgan fingerprint density at radius 1 is 1.05 bits per heavy atom. The van der Waals surface area contributed by atoms with Crippen molar-refractivity contribution in [3.63, 3.8) is 0 Å². The molecule has 1 N–H and O–H groups in total. The van der Waals surface area contributed by atoms with Crippen molar-refractivity contribution in [2.75, 3.05) is 12.4 Å². The third-order valence-corrected chi connectivity index (χ3v) is 7.17. The number of nitrogens with one attached hydrogen (secondary N) is 1. The highest BCUT2D eigenvalue weighted by molar-refractivity contribution is 14.1. The predicted molar refractivity (Wildman–Crippen MR) is 147 cm³/mol. The number of nitro groups is 2. The van der Waals surface area contributed by atoms with Gasteiger partial charge in [-0.05, 0) is 71.0 Å². The quantitative estimate of drug-likeness (QED) is 0.0835. The maximum atomic E-state index is 12.8. The smallest absolute Gasteiger partial charge is 0.339 e. The van der Waals surface area contributed by atoms with Crippen LogP contribution < -0.4 is 14.2 Å². The Labute approximate surface area is 235 Å². The molecule has 0 saturated heterocycles. The summed E-state index contributed by atoms with van der Waals surface area (Å²) < 4.78 is 36.3. The number of carbonyl (C=O) groups excluding carboxylic acids is 1. The first kappa shape index (κ1) is 29.0. The lowest BCUT2D eigenvalue weighted by atomic mass is 10.1. The largest absolute Gasteiger partial charge is 0.493 e. The fourth-order valence-electron chi connectivity index (χ4n) is 3.16. The molecule has 3 aromatic carbocycles. The molecule has 0 atom stereocenters. The molecule has 15 heteroatoms. The average Bonchev–Trinajstić information content (AvgIpc) is 2.89. The number of anilines is 1. The van der Waals surface area contributed by atoms with E-state index in [2.05, 4.69) is 5.32 Å². The van der Waals surface area contributed by atoms with Gasteiger partial charge in [0.2, 0.25) is 0 Å². The highest BCUT2D eigenvalue weighted by Crippen LogP contribution is 2.37. The molecule has 0 aromatic heterocycles. The van der Waals surface area contributed by atoms with Crippen LogP contribution in [0.5, 0.6) is 11.5 Å². The van der Waals surface area contributed by atoms with E-state index in [-0.39, 0.29) is 42.6 Å². The van der Waals surface area contributed by atoms with E-state index in [1.165, 1.54) is 43.5 Å². The van der Waals surface area contributed by atoms with Gasteiger partial charge in [0.15, 0.2) is 11.5 Å². The van der Waals surface area contributed by atoms with Crippen molar-refractivity contribution in [1.82, 2.24) is 0 Å². The minimum absolute atomic E-state index is 0.0362. The van der Waals surface area contributed by atoms with Crippen LogP contribution in [0.4, 0.5) is 17.1 Å². The second kappa shape index (κ2) is 11.9. The van der Waals surface area contributed by atoms with Gasteiger partial charge in [0.05, 0.1) is 26.2 Å². The van der Waals surface area contributed by atoms with Gasteiger partial charge in [0, 0.05) is 24.3 Å². The number of nitro benzene ring substituents is 2. The molecule has 0 unspecified atom stereocenters. The lowest BCUT2D eigenvalue weighted by Crippen LogP contribution is -2.14. The second-order valence-corrected chi connectivity index (χ2v) is 10.4. The average molecular weight is 664 g/mol. The first-order valence-corrected chi connectivity index (χ1v) is 13.1. The molecule has 3 rings (SSSR count). The minimum Gasteiger partial charge on any atom is -0.493 e. The zero-order valence-corrected chi connectivity index (χ0v) is 23.0. The summed E-state index contributed by atoms with van der Waals surface area (Å²) >= 11 is 1.78. The summed E-state index contributed by atoms with van der Waals surface area (Å²) in [5, 5.41) is 33.9. The van der Waals surface area contributed by atoms with E-state index in [0.717, 1.165) is 24.3 Å². The first-order chi connectivity index (χ1) is 18.4. The Balaban J connectivity index is 1.91. The molecule has 0 aliphatic rings. The highest BCUT2D eigenvalue weighted by Gasteiger charge is 2.23. The molecular weight excluding hydrogens is 647 g/mol. The number of nitrogens with zero attached hydrogens (tertiary/aromatic N) is 3. The summed E-state index contributed by atoms with van der Waals surface area (Å²) in [6.45, 7) is 1.63. The van der Waals surface area contributed by atoms with E-state index in [0.29, 0.717) is 11.1 Å². The van der Waals surface area contributed by atoms with Gasteiger partial charge >= 0.3 is 10.1 Å². The van der Waals surface area contributed by atoms with Gasteiger partial charge in [-0.25, -0.2) is 0 Å². The van der Waals surface area contributed by atoms with Gasteiger partial charge in [-0.1, -0.05) is 6.07 Å². The molecule has 0 spiro atoms. The number of amides is 1. The van der Waals surface area contributed by atoms with Crippen molar-refractivity contribution in [3.8, 4) is 17.6 Å². The molecule has 13 nitrogen and oxygen atoms in total. The van der Waals surface area contributed by atoms with Crippen LogP contribution in [0.2, 0.25) is 0 Å². The van der Waals surface area contributed by atoms with Crippen molar-refractivity contribution in [1.29, 1.82) is 5.26 Å². The molecule has 0 aliphatic heterocycles. The zero-order valence-electron chi connectivity index (χ0n) is 20.1. The Kier molecular flexibility index (Phi) is 8.83. The fraction of sp³-hybridized carbons (Fsp3) is 0.0833. The number of nitriles is 1. The van der Waals surface area contributed by atoms with Gasteiger partial charge in [0.1, 0.15) is 16.5 Å². The SMILES string of the molecule is COc1cc(/C=C(\C#N)C(=O)Nc2cc([N+](=O)[O-])ccc2C)cc(I)c1OS(=O)(=O)c1ccc([N+](=O)[O-])cc1. The zero-order chi connectivity index (χ0) is 28.9. The van der Waals surface area contributed by atoms with Gasteiger partial charge < -0.3 is 14.2 Å². The second-order valence-electron chi connectivity index (χ2n) is 7.70. The number of hydrogen-bond donors (Lipinski definition) is 1. The minimum atomic E-state index is -4.40. The van der Waals surface area contributed by atoms with E-state index in [9.17, 15) is 38.7 Å². The number of halogens is 1. The molecule has 0 radical (unpaired) electrons. The van der Waals surface area contributed by atoms with Gasteiger partial charge in [0.25, 0.3) is 17.3 Å². The van der Waals surface area contributed by atoms with E-state index in [1.54, 1.807) is 35.6 Å². The normalized spacial score (nSPS) is 11.3. The van der Waals surface area contributed by atoms with Crippen LogP contribution in [0.3, 0.4) is 0 Å². The van der Waals surface area contributed by atoms with Crippen LogP contribution in [-0.4, -0.2) is 31.3 Å². The fourth-order valence-corrected chi connectivity index (χ4v) is 5.00. The van der Waals surface area contributed by atoms with Crippen molar-refractivity contribution in [3.05, 3.63) is 95.1 Å². The Bertz CT molecular complexity index is 1660. The molecule has 0 fully saturated rings. The summed E-state index contributed by atoms with van der Waals surface area (Å²) in [5.74, 6) is -1.04. The van der Waals surface area contributed by atoms with Crippen LogP contribution in [0.15, 0.2) is 65.1 Å². The molecule has 0 heterocycles. The first-order valence-electron chi connectivity index (χ1n) is 10.6. The molecular formula is C24H17IN4O9S. The van der Waals surface area contributed by atoms with E-state index >= 15 is 0 Å². The number of hydrogen-bond acceptors (Lipinski definition) is 10. The van der Waals surface area contributed by atoms with Crippen molar-refractivity contribution in [2.45, 2.75) is 11.8 Å². The number of rotatable bonds is 9. The molecule has 3 aromatic rings. The number of methoxy groups -OCH3 is 1. The molecule has 0 saturated carbocycles. The van der Waals surface area contributed by atoms with Crippen LogP contribution in [-0.2, 0) is 14.9 Å². The topological polar surface area (TPSA) is 192 Å². The van der Waals surface area contributed by atoms with E-state index in [1.807, 2.05) is 0 Å². The highest BCUT2D eigenvalue weighted by atomic mass is 127. The molecule has 200 valence electrons. The third-order valence-electron chi connectivity index (χ3n) is 5.14. The number of benzene rings is 3. The maximum Gasteiger partial charge on any atom is 0.339 e. The van der Waals surface area contributed by atoms with Gasteiger partial charge in [-0.2, -0.15) is 13.7 Å². The third kappa shape index (κ3) is 6.86. The van der Waals surface area contributed by atoms with Crippen molar-refractivity contribution >= 4 is 61.8 Å². The predicted octanol–water partition coefficient (Wildman–Crippen LogP) is 4.74. The molecule has 0 bridgehead atoms. The van der Waals surface area contributed by atoms with E-state index in [4.69, 9.17) is 8.92 Å². The van der Waals surface area contributed by atoms with Crippen molar-refractivity contribution in [2.24, 2.45) is 0 Å². The lowest BCUT2D eigenvalue weighted by molar-refractivity contribution is -0.385. The Hall–Kier alpha value is -4.56. The summed E-state index contributed by atoms with van der Waals surface area (Å²) in [5.41, 5.74) is 0.109. The van der Waals surface area contributed by atoms with Gasteiger partial charge in [-0.15, -0.1) is 0 Å². The van der Waals surface area contributed by atoms with Crippen molar-refractivity contribution < 1.29 is 32.0 Å². The molecule has 0 aliphatic carbocycles.